The first-order valence-corrected chi connectivity index (χ1v) is 5.68. The van der Waals surface area contributed by atoms with Gasteiger partial charge in [0.05, 0.1) is 5.02 Å². The molecule has 1 saturated carbocycles. The van der Waals surface area contributed by atoms with Crippen molar-refractivity contribution in [3.05, 3.63) is 22.8 Å². The molecule has 4 heteroatoms. The first-order valence-electron chi connectivity index (χ1n) is 5.30. The van der Waals surface area contributed by atoms with Gasteiger partial charge in [-0.3, -0.25) is 0 Å². The summed E-state index contributed by atoms with van der Waals surface area (Å²) in [5, 5.41) is 0.703. The van der Waals surface area contributed by atoms with E-state index in [1.807, 2.05) is 6.07 Å². The van der Waals surface area contributed by atoms with Crippen molar-refractivity contribution in [3.8, 4) is 0 Å². The number of rotatable bonds is 3. The van der Waals surface area contributed by atoms with Crippen molar-refractivity contribution in [1.82, 2.24) is 4.98 Å². The summed E-state index contributed by atoms with van der Waals surface area (Å²) < 4.78 is 0. The van der Waals surface area contributed by atoms with Gasteiger partial charge in [-0.15, -0.1) is 0 Å². The molecule has 0 aliphatic heterocycles. The van der Waals surface area contributed by atoms with Gasteiger partial charge >= 0.3 is 0 Å². The van der Waals surface area contributed by atoms with Crippen LogP contribution in [0.25, 0.3) is 0 Å². The highest BCUT2D eigenvalue weighted by Gasteiger charge is 2.24. The molecule has 0 aromatic carbocycles. The number of nitrogens with two attached hydrogens (primary N) is 1. The van der Waals surface area contributed by atoms with Crippen LogP contribution in [0.3, 0.4) is 0 Å². The van der Waals surface area contributed by atoms with Crippen LogP contribution in [-0.4, -0.2) is 18.1 Å². The minimum Gasteiger partial charge on any atom is -0.355 e. The Morgan fingerprint density at radius 2 is 2.33 bits per heavy atom. The van der Waals surface area contributed by atoms with Crippen molar-refractivity contribution in [2.75, 3.05) is 11.9 Å². The first-order chi connectivity index (χ1) is 7.24. The van der Waals surface area contributed by atoms with E-state index in [4.69, 9.17) is 17.3 Å². The zero-order chi connectivity index (χ0) is 10.8. The molecule has 1 aromatic rings. The van der Waals surface area contributed by atoms with Crippen LogP contribution in [0.4, 0.5) is 5.82 Å². The van der Waals surface area contributed by atoms with Crippen molar-refractivity contribution in [2.24, 2.45) is 5.73 Å². The van der Waals surface area contributed by atoms with Crippen molar-refractivity contribution < 1.29 is 0 Å². The molecule has 2 N–H and O–H groups in total. The lowest BCUT2D eigenvalue weighted by molar-refractivity contribution is 0.399. The maximum Gasteiger partial charge on any atom is 0.147 e. The average Bonchev–Trinajstić information content (AvgIpc) is 2.15. The molecule has 0 spiro atoms. The Hall–Kier alpha value is -0.800. The Kier molecular flexibility index (Phi) is 3.12. The summed E-state index contributed by atoms with van der Waals surface area (Å²) in [7, 11) is 2.05. The van der Waals surface area contributed by atoms with E-state index in [1.54, 1.807) is 6.20 Å². The van der Waals surface area contributed by atoms with Crippen LogP contribution >= 0.6 is 11.6 Å². The second-order valence-electron chi connectivity index (χ2n) is 4.01. The largest absolute Gasteiger partial charge is 0.355 e. The second kappa shape index (κ2) is 4.37. The molecule has 1 aliphatic carbocycles. The molecule has 1 fully saturated rings. The van der Waals surface area contributed by atoms with Crippen LogP contribution in [0.1, 0.15) is 24.8 Å². The zero-order valence-corrected chi connectivity index (χ0v) is 9.67. The maximum atomic E-state index is 6.24. The molecule has 0 saturated heterocycles. The molecule has 15 heavy (non-hydrogen) atoms. The molecule has 1 aliphatic rings. The van der Waals surface area contributed by atoms with Gasteiger partial charge in [0.2, 0.25) is 0 Å². The van der Waals surface area contributed by atoms with Gasteiger partial charge in [0.15, 0.2) is 0 Å². The van der Waals surface area contributed by atoms with E-state index in [9.17, 15) is 0 Å². The van der Waals surface area contributed by atoms with Gasteiger partial charge in [-0.2, -0.15) is 0 Å². The standard InChI is InChI=1S/C11H16ClN3/c1-15(9-3-2-4-9)11-10(12)8(7-13)5-6-14-11/h5-6,9H,2-4,7,13H2,1H3. The van der Waals surface area contributed by atoms with Crippen molar-refractivity contribution in [3.63, 3.8) is 0 Å². The fourth-order valence-electron chi connectivity index (χ4n) is 1.82. The Labute approximate surface area is 95.2 Å². The van der Waals surface area contributed by atoms with E-state index in [2.05, 4.69) is 16.9 Å². The molecule has 0 atom stereocenters. The van der Waals surface area contributed by atoms with Gasteiger partial charge in [-0.05, 0) is 30.9 Å². The van der Waals surface area contributed by atoms with Crippen LogP contribution < -0.4 is 10.6 Å². The summed E-state index contributed by atoms with van der Waals surface area (Å²) in [6, 6.07) is 2.48. The van der Waals surface area contributed by atoms with Crippen LogP contribution in [-0.2, 0) is 6.54 Å². The number of hydrogen-bond donors (Lipinski definition) is 1. The molecule has 2 rings (SSSR count). The second-order valence-corrected chi connectivity index (χ2v) is 4.39. The highest BCUT2D eigenvalue weighted by molar-refractivity contribution is 6.33. The Balaban J connectivity index is 2.26. The highest BCUT2D eigenvalue weighted by Crippen LogP contribution is 2.32. The number of hydrogen-bond acceptors (Lipinski definition) is 3. The van der Waals surface area contributed by atoms with Crippen molar-refractivity contribution in [1.29, 1.82) is 0 Å². The number of halogens is 1. The van der Waals surface area contributed by atoms with E-state index in [0.29, 0.717) is 17.6 Å². The monoisotopic (exact) mass is 225 g/mol. The quantitative estimate of drug-likeness (QED) is 0.858. The SMILES string of the molecule is CN(c1nccc(CN)c1Cl)C1CCC1. The van der Waals surface area contributed by atoms with Crippen molar-refractivity contribution >= 4 is 17.4 Å². The smallest absolute Gasteiger partial charge is 0.147 e. The van der Waals surface area contributed by atoms with Gasteiger partial charge in [-0.1, -0.05) is 11.6 Å². The van der Waals surface area contributed by atoms with Gasteiger partial charge in [-0.25, -0.2) is 4.98 Å². The molecule has 0 unspecified atom stereocenters. The maximum absolute atomic E-state index is 6.24. The predicted molar refractivity (Wildman–Crippen MR) is 63.2 cm³/mol. The summed E-state index contributed by atoms with van der Waals surface area (Å²) in [6.45, 7) is 0.465. The van der Waals surface area contributed by atoms with E-state index in [-0.39, 0.29) is 0 Å². The summed E-state index contributed by atoms with van der Waals surface area (Å²) in [5.74, 6) is 0.865. The average molecular weight is 226 g/mol. The molecule has 3 nitrogen and oxygen atoms in total. The predicted octanol–water partition coefficient (Wildman–Crippen LogP) is 2.18. The Morgan fingerprint density at radius 1 is 1.60 bits per heavy atom. The lowest BCUT2D eigenvalue weighted by Crippen LogP contribution is -2.37. The van der Waals surface area contributed by atoms with Gasteiger partial charge in [0.25, 0.3) is 0 Å². The molecule has 0 bridgehead atoms. The third-order valence-corrected chi connectivity index (χ3v) is 3.54. The van der Waals surface area contributed by atoms with Crippen LogP contribution in [0.15, 0.2) is 12.3 Å². The number of anilines is 1. The Morgan fingerprint density at radius 3 is 2.87 bits per heavy atom. The van der Waals surface area contributed by atoms with Gasteiger partial charge in [0, 0.05) is 25.8 Å². The fourth-order valence-corrected chi connectivity index (χ4v) is 2.14. The summed E-state index contributed by atoms with van der Waals surface area (Å²) in [5.41, 5.74) is 6.58. The Bertz CT molecular complexity index is 350. The van der Waals surface area contributed by atoms with Gasteiger partial charge in [0.1, 0.15) is 5.82 Å². The normalized spacial score (nSPS) is 16.2. The van der Waals surface area contributed by atoms with Gasteiger partial charge < -0.3 is 10.6 Å². The molecular formula is C11H16ClN3. The minimum absolute atomic E-state index is 0.465. The molecule has 82 valence electrons. The van der Waals surface area contributed by atoms with E-state index < -0.39 is 0 Å². The molecule has 1 aromatic heterocycles. The van der Waals surface area contributed by atoms with E-state index in [0.717, 1.165) is 11.4 Å². The van der Waals surface area contributed by atoms with Crippen LogP contribution in [0.2, 0.25) is 5.02 Å². The lowest BCUT2D eigenvalue weighted by Gasteiger charge is -2.36. The number of pyridine rings is 1. The highest BCUT2D eigenvalue weighted by atomic mass is 35.5. The fraction of sp³-hybridized carbons (Fsp3) is 0.545. The summed E-state index contributed by atoms with van der Waals surface area (Å²) >= 11 is 6.24. The summed E-state index contributed by atoms with van der Waals surface area (Å²) in [4.78, 5) is 6.50. The zero-order valence-electron chi connectivity index (χ0n) is 8.91. The first kappa shape index (κ1) is 10.7. The molecule has 1 heterocycles. The van der Waals surface area contributed by atoms with Crippen LogP contribution in [0, 0.1) is 0 Å². The number of aromatic nitrogens is 1. The minimum atomic E-state index is 0.465. The van der Waals surface area contributed by atoms with Crippen molar-refractivity contribution in [2.45, 2.75) is 31.8 Å². The van der Waals surface area contributed by atoms with E-state index in [1.165, 1.54) is 19.3 Å². The molecular weight excluding hydrogens is 210 g/mol. The van der Waals surface area contributed by atoms with E-state index >= 15 is 0 Å². The molecule has 0 radical (unpaired) electrons. The van der Waals surface area contributed by atoms with Crippen LogP contribution in [0.5, 0.6) is 0 Å². The topological polar surface area (TPSA) is 42.2 Å². The third kappa shape index (κ3) is 1.94. The lowest BCUT2D eigenvalue weighted by atomic mass is 9.92. The number of nitrogens with zero attached hydrogens (tertiary/aromatic N) is 2. The molecule has 0 amide bonds. The summed E-state index contributed by atoms with van der Waals surface area (Å²) in [6.07, 6.45) is 5.56. The third-order valence-electron chi connectivity index (χ3n) is 3.13.